The van der Waals surface area contributed by atoms with Crippen LogP contribution in [0.1, 0.15) is 23.8 Å². The zero-order valence-electron chi connectivity index (χ0n) is 13.6. The second-order valence-electron chi connectivity index (χ2n) is 5.55. The number of fused-ring (bicyclic) bond motifs is 1. The fourth-order valence-electron chi connectivity index (χ4n) is 2.62. The van der Waals surface area contributed by atoms with Crippen LogP contribution in [0.3, 0.4) is 0 Å². The lowest BCUT2D eigenvalue weighted by atomic mass is 10.00. The summed E-state index contributed by atoms with van der Waals surface area (Å²) in [4.78, 5) is 12.1. The van der Waals surface area contributed by atoms with Crippen LogP contribution in [0.4, 0.5) is 10.1 Å². The first-order valence-electron chi connectivity index (χ1n) is 7.85. The van der Waals surface area contributed by atoms with Gasteiger partial charge in [0.1, 0.15) is 17.1 Å². The molecule has 0 unspecified atom stereocenters. The van der Waals surface area contributed by atoms with Crippen LogP contribution in [0.15, 0.2) is 36.4 Å². The van der Waals surface area contributed by atoms with E-state index in [2.05, 4.69) is 15.5 Å². The molecule has 128 valence electrons. The van der Waals surface area contributed by atoms with Crippen molar-refractivity contribution in [3.8, 4) is 16.9 Å². The Morgan fingerprint density at radius 1 is 1.24 bits per heavy atom. The highest BCUT2D eigenvalue weighted by atomic mass is 19.1. The average Bonchev–Trinajstić information content (AvgIpc) is 2.60. The molecule has 0 spiro atoms. The molecule has 7 heteroatoms. The summed E-state index contributed by atoms with van der Waals surface area (Å²) in [6.45, 7) is 2.43. The number of halogens is 1. The van der Waals surface area contributed by atoms with Crippen molar-refractivity contribution < 1.29 is 14.3 Å². The molecule has 3 aromatic rings. The van der Waals surface area contributed by atoms with Gasteiger partial charge in [-0.25, -0.2) is 4.39 Å². The van der Waals surface area contributed by atoms with Crippen molar-refractivity contribution in [2.24, 2.45) is 0 Å². The van der Waals surface area contributed by atoms with Gasteiger partial charge in [0, 0.05) is 17.5 Å². The predicted octanol–water partition coefficient (Wildman–Crippen LogP) is 2.86. The minimum absolute atomic E-state index is 0.0185. The van der Waals surface area contributed by atoms with Crippen LogP contribution in [0.25, 0.3) is 22.0 Å². The Morgan fingerprint density at radius 3 is 2.72 bits per heavy atom. The van der Waals surface area contributed by atoms with Gasteiger partial charge in [0.2, 0.25) is 0 Å². The number of carbonyl (C=O) groups is 1. The van der Waals surface area contributed by atoms with E-state index in [1.807, 2.05) is 6.92 Å². The first-order chi connectivity index (χ1) is 12.0. The molecule has 0 radical (unpaired) electrons. The van der Waals surface area contributed by atoms with Crippen molar-refractivity contribution in [1.29, 1.82) is 0 Å². The number of nitrogens with two attached hydrogens (primary N) is 1. The summed E-state index contributed by atoms with van der Waals surface area (Å²) < 4.78 is 14.2. The first-order valence-corrected chi connectivity index (χ1v) is 7.85. The number of hydrogen-bond donors (Lipinski definition) is 3. The van der Waals surface area contributed by atoms with Crippen LogP contribution in [0, 0.1) is 5.82 Å². The number of nitrogen functional groups attached to an aromatic ring is 1. The fourth-order valence-corrected chi connectivity index (χ4v) is 2.62. The third kappa shape index (κ3) is 2.96. The smallest absolute Gasteiger partial charge is 0.273 e. The van der Waals surface area contributed by atoms with Crippen molar-refractivity contribution >= 4 is 22.5 Å². The van der Waals surface area contributed by atoms with E-state index in [-0.39, 0.29) is 22.7 Å². The zero-order chi connectivity index (χ0) is 18.0. The van der Waals surface area contributed by atoms with Gasteiger partial charge in [0.15, 0.2) is 5.69 Å². The summed E-state index contributed by atoms with van der Waals surface area (Å²) in [7, 11) is 0. The molecule has 25 heavy (non-hydrogen) atoms. The fraction of sp³-hybridized carbons (Fsp3) is 0.167. The Kier molecular flexibility index (Phi) is 4.47. The number of benzene rings is 2. The predicted molar refractivity (Wildman–Crippen MR) is 93.6 cm³/mol. The van der Waals surface area contributed by atoms with Crippen LogP contribution in [0.2, 0.25) is 0 Å². The quantitative estimate of drug-likeness (QED) is 0.678. The van der Waals surface area contributed by atoms with Gasteiger partial charge in [-0.1, -0.05) is 31.2 Å². The third-order valence-corrected chi connectivity index (χ3v) is 3.84. The van der Waals surface area contributed by atoms with Crippen LogP contribution in [-0.2, 0) is 0 Å². The third-order valence-electron chi connectivity index (χ3n) is 3.84. The Bertz CT molecular complexity index is 939. The van der Waals surface area contributed by atoms with Crippen molar-refractivity contribution in [3.05, 3.63) is 47.9 Å². The highest BCUT2D eigenvalue weighted by molar-refractivity contribution is 6.07. The van der Waals surface area contributed by atoms with Gasteiger partial charge in [-0.15, -0.1) is 10.2 Å². The van der Waals surface area contributed by atoms with E-state index < -0.39 is 11.7 Å². The summed E-state index contributed by atoms with van der Waals surface area (Å²) in [5.74, 6) is -1.21. The molecule has 0 aliphatic rings. The second-order valence-corrected chi connectivity index (χ2v) is 5.55. The van der Waals surface area contributed by atoms with Crippen molar-refractivity contribution in [1.82, 2.24) is 15.5 Å². The van der Waals surface area contributed by atoms with Gasteiger partial charge in [0.05, 0.1) is 11.3 Å². The van der Waals surface area contributed by atoms with E-state index in [4.69, 9.17) is 5.73 Å². The lowest BCUT2D eigenvalue weighted by molar-refractivity contribution is 0.0949. The number of nitrogens with zero attached hydrogens (tertiary/aromatic N) is 2. The maximum Gasteiger partial charge on any atom is 0.273 e. The molecule has 3 rings (SSSR count). The molecule has 1 aromatic heterocycles. The molecular formula is C18H17FN4O2. The normalized spacial score (nSPS) is 10.8. The lowest BCUT2D eigenvalue weighted by Gasteiger charge is -2.12. The van der Waals surface area contributed by atoms with Crippen LogP contribution in [0.5, 0.6) is 5.75 Å². The van der Waals surface area contributed by atoms with Crippen LogP contribution in [-0.4, -0.2) is 27.8 Å². The Hall–Kier alpha value is -3.22. The SMILES string of the molecule is CCCNC(=O)c1nnc2c(-c3c(O)cccc3F)cccc2c1N. The molecule has 0 saturated heterocycles. The maximum absolute atomic E-state index is 14.2. The summed E-state index contributed by atoms with van der Waals surface area (Å²) in [6, 6.07) is 9.01. The van der Waals surface area contributed by atoms with Gasteiger partial charge < -0.3 is 16.2 Å². The molecule has 0 saturated carbocycles. The van der Waals surface area contributed by atoms with Crippen molar-refractivity contribution in [3.63, 3.8) is 0 Å². The number of carbonyl (C=O) groups excluding carboxylic acids is 1. The Balaban J connectivity index is 2.19. The molecule has 1 heterocycles. The largest absolute Gasteiger partial charge is 0.507 e. The monoisotopic (exact) mass is 340 g/mol. The molecule has 1 amide bonds. The topological polar surface area (TPSA) is 101 Å². The van der Waals surface area contributed by atoms with Crippen molar-refractivity contribution in [2.75, 3.05) is 12.3 Å². The van der Waals surface area contributed by atoms with Crippen LogP contribution >= 0.6 is 0 Å². The summed E-state index contributed by atoms with van der Waals surface area (Å²) in [5, 5.41) is 21.2. The molecular weight excluding hydrogens is 323 g/mol. The number of rotatable bonds is 4. The maximum atomic E-state index is 14.2. The number of aromatic nitrogens is 2. The van der Waals surface area contributed by atoms with Gasteiger partial charge in [-0.2, -0.15) is 0 Å². The minimum Gasteiger partial charge on any atom is -0.507 e. The number of aromatic hydroxyl groups is 1. The minimum atomic E-state index is -0.586. The van der Waals surface area contributed by atoms with Crippen molar-refractivity contribution in [2.45, 2.75) is 13.3 Å². The van der Waals surface area contributed by atoms with E-state index in [9.17, 15) is 14.3 Å². The molecule has 0 bridgehead atoms. The highest BCUT2D eigenvalue weighted by Crippen LogP contribution is 2.36. The van der Waals surface area contributed by atoms with E-state index in [0.717, 1.165) is 6.42 Å². The van der Waals surface area contributed by atoms with Gasteiger partial charge in [-0.3, -0.25) is 4.79 Å². The molecule has 6 nitrogen and oxygen atoms in total. The van der Waals surface area contributed by atoms with Gasteiger partial charge in [-0.05, 0) is 18.6 Å². The van der Waals surface area contributed by atoms with E-state index in [1.165, 1.54) is 18.2 Å². The molecule has 0 atom stereocenters. The van der Waals surface area contributed by atoms with E-state index in [1.54, 1.807) is 18.2 Å². The number of nitrogens with one attached hydrogen (secondary N) is 1. The van der Waals surface area contributed by atoms with E-state index >= 15 is 0 Å². The summed E-state index contributed by atoms with van der Waals surface area (Å²) >= 11 is 0. The zero-order valence-corrected chi connectivity index (χ0v) is 13.6. The highest BCUT2D eigenvalue weighted by Gasteiger charge is 2.19. The van der Waals surface area contributed by atoms with E-state index in [0.29, 0.717) is 23.0 Å². The molecule has 4 N–H and O–H groups in total. The Labute approximate surface area is 143 Å². The summed E-state index contributed by atoms with van der Waals surface area (Å²) in [6.07, 6.45) is 0.781. The number of phenols is 1. The molecule has 0 aliphatic carbocycles. The number of hydrogen-bond acceptors (Lipinski definition) is 5. The number of anilines is 1. The lowest BCUT2D eigenvalue weighted by Crippen LogP contribution is -2.26. The second kappa shape index (κ2) is 6.72. The van der Waals surface area contributed by atoms with Gasteiger partial charge in [0.25, 0.3) is 5.91 Å². The molecule has 0 fully saturated rings. The number of amides is 1. The van der Waals surface area contributed by atoms with Crippen LogP contribution < -0.4 is 11.1 Å². The first kappa shape index (κ1) is 16.6. The standard InChI is InChI=1S/C18H17FN4O2/c1-2-9-21-18(25)17-15(20)11-6-3-5-10(16(11)22-23-17)14-12(19)7-4-8-13(14)24/h3-8,24H,2,9H2,1H3,(H2,20,22)(H,21,25). The molecule has 0 aliphatic heterocycles. The molecule has 2 aromatic carbocycles. The van der Waals surface area contributed by atoms with Gasteiger partial charge >= 0.3 is 0 Å². The average molecular weight is 340 g/mol. The Morgan fingerprint density at radius 2 is 2.00 bits per heavy atom. The number of phenolic OH excluding ortho intramolecular Hbond substituents is 1. The summed E-state index contributed by atoms with van der Waals surface area (Å²) in [5.41, 5.74) is 6.97.